The zero-order chi connectivity index (χ0) is 14.4. The number of amides is 1. The van der Waals surface area contributed by atoms with Crippen LogP contribution in [0.15, 0.2) is 24.3 Å². The molecule has 1 heterocycles. The molecule has 0 unspecified atom stereocenters. The van der Waals surface area contributed by atoms with Crippen molar-refractivity contribution >= 4 is 28.7 Å². The average Bonchev–Trinajstić information content (AvgIpc) is 2.78. The highest BCUT2D eigenvalue weighted by Gasteiger charge is 2.12. The van der Waals surface area contributed by atoms with Gasteiger partial charge in [-0.1, -0.05) is 12.1 Å². The summed E-state index contributed by atoms with van der Waals surface area (Å²) in [5, 5.41) is 2.88. The van der Waals surface area contributed by atoms with E-state index in [2.05, 4.69) is 10.3 Å². The van der Waals surface area contributed by atoms with Gasteiger partial charge in [-0.25, -0.2) is 4.98 Å². The molecular formula is C14H20N4OS. The lowest BCUT2D eigenvalue weighted by molar-refractivity contribution is -0.121. The molecule has 0 radical (unpaired) electrons. The van der Waals surface area contributed by atoms with Crippen LogP contribution < -0.4 is 11.1 Å². The van der Waals surface area contributed by atoms with Gasteiger partial charge in [-0.05, 0) is 31.4 Å². The number of aromatic nitrogens is 2. The smallest absolute Gasteiger partial charge is 0.240 e. The third-order valence-electron chi connectivity index (χ3n) is 3.01. The van der Waals surface area contributed by atoms with Gasteiger partial charge in [0.25, 0.3) is 0 Å². The normalized spacial score (nSPS) is 10.9. The monoisotopic (exact) mass is 292 g/mol. The van der Waals surface area contributed by atoms with E-state index in [1.165, 1.54) is 0 Å². The van der Waals surface area contributed by atoms with Gasteiger partial charge in [0, 0.05) is 6.54 Å². The molecular weight excluding hydrogens is 272 g/mol. The summed E-state index contributed by atoms with van der Waals surface area (Å²) in [5.41, 5.74) is 7.36. The highest BCUT2D eigenvalue weighted by atomic mass is 32.2. The third kappa shape index (κ3) is 3.52. The Labute approximate surface area is 122 Å². The largest absolute Gasteiger partial charge is 0.355 e. The van der Waals surface area contributed by atoms with Crippen molar-refractivity contribution in [2.24, 2.45) is 5.73 Å². The number of hydrogen-bond acceptors (Lipinski definition) is 4. The fourth-order valence-corrected chi connectivity index (χ4v) is 2.55. The molecule has 0 atom stereocenters. The lowest BCUT2D eigenvalue weighted by atomic mass is 10.3. The molecule has 1 amide bonds. The van der Waals surface area contributed by atoms with Crippen LogP contribution in [0.1, 0.15) is 12.2 Å². The number of fused-ring (bicyclic) bond motifs is 1. The Bertz CT molecular complexity index is 582. The molecule has 1 aromatic carbocycles. The molecule has 2 aromatic rings. The van der Waals surface area contributed by atoms with Gasteiger partial charge in [-0.2, -0.15) is 11.8 Å². The van der Waals surface area contributed by atoms with E-state index in [9.17, 15) is 4.79 Å². The number of nitrogens with zero attached hydrogens (tertiary/aromatic N) is 2. The van der Waals surface area contributed by atoms with Crippen molar-refractivity contribution in [1.82, 2.24) is 14.9 Å². The van der Waals surface area contributed by atoms with E-state index in [0.717, 1.165) is 29.0 Å². The number of benzene rings is 1. The van der Waals surface area contributed by atoms with Crippen molar-refractivity contribution in [1.29, 1.82) is 0 Å². The number of nitrogens with two attached hydrogens (primary N) is 1. The number of thioether (sulfide) groups is 1. The fraction of sp³-hybridized carbons (Fsp3) is 0.429. The van der Waals surface area contributed by atoms with Gasteiger partial charge in [0.05, 0.1) is 16.8 Å². The zero-order valence-electron chi connectivity index (χ0n) is 11.6. The Morgan fingerprint density at radius 1 is 1.45 bits per heavy atom. The van der Waals surface area contributed by atoms with Gasteiger partial charge in [0.15, 0.2) is 0 Å². The van der Waals surface area contributed by atoms with Crippen LogP contribution >= 0.6 is 11.8 Å². The Kier molecular flexibility index (Phi) is 5.43. The van der Waals surface area contributed by atoms with Crippen molar-refractivity contribution in [3.05, 3.63) is 30.1 Å². The summed E-state index contributed by atoms with van der Waals surface area (Å²) in [7, 11) is 0. The molecule has 0 saturated heterocycles. The van der Waals surface area contributed by atoms with Crippen LogP contribution in [0.25, 0.3) is 11.0 Å². The van der Waals surface area contributed by atoms with E-state index in [-0.39, 0.29) is 5.91 Å². The minimum atomic E-state index is 0.00366. The van der Waals surface area contributed by atoms with Gasteiger partial charge in [-0.15, -0.1) is 0 Å². The van der Waals surface area contributed by atoms with E-state index in [4.69, 9.17) is 5.73 Å². The second-order valence-electron chi connectivity index (χ2n) is 4.53. The Morgan fingerprint density at radius 3 is 3.00 bits per heavy atom. The first-order chi connectivity index (χ1) is 9.76. The molecule has 2 rings (SSSR count). The minimum Gasteiger partial charge on any atom is -0.355 e. The van der Waals surface area contributed by atoms with Crippen LogP contribution in [0.2, 0.25) is 0 Å². The maximum Gasteiger partial charge on any atom is 0.240 e. The quantitative estimate of drug-likeness (QED) is 0.756. The fourth-order valence-electron chi connectivity index (χ4n) is 2.07. The standard InChI is InChI=1S/C14H20N4OS/c1-20-10-13-17-11-5-2-3-6-12(11)18(13)9-14(19)16-8-4-7-15/h2-3,5-6H,4,7-10,15H2,1H3,(H,16,19). The van der Waals surface area contributed by atoms with Gasteiger partial charge >= 0.3 is 0 Å². The molecule has 0 saturated carbocycles. The van der Waals surface area contributed by atoms with E-state index in [0.29, 0.717) is 19.6 Å². The van der Waals surface area contributed by atoms with Crippen molar-refractivity contribution in [2.45, 2.75) is 18.7 Å². The van der Waals surface area contributed by atoms with Crippen LogP contribution in [0.4, 0.5) is 0 Å². The number of imidazole rings is 1. The summed E-state index contributed by atoms with van der Waals surface area (Å²) in [5.74, 6) is 1.74. The van der Waals surface area contributed by atoms with Crippen molar-refractivity contribution < 1.29 is 4.79 Å². The Morgan fingerprint density at radius 2 is 2.25 bits per heavy atom. The van der Waals surface area contributed by atoms with E-state index < -0.39 is 0 Å². The summed E-state index contributed by atoms with van der Waals surface area (Å²) in [6.07, 6.45) is 2.83. The van der Waals surface area contributed by atoms with Crippen molar-refractivity contribution in [2.75, 3.05) is 19.3 Å². The number of para-hydroxylation sites is 2. The summed E-state index contributed by atoms with van der Waals surface area (Å²) >= 11 is 1.70. The van der Waals surface area contributed by atoms with Gasteiger partial charge < -0.3 is 15.6 Å². The van der Waals surface area contributed by atoms with Crippen LogP contribution in [-0.2, 0) is 17.1 Å². The third-order valence-corrected chi connectivity index (χ3v) is 3.56. The van der Waals surface area contributed by atoms with Crippen LogP contribution in [0, 0.1) is 0 Å². The maximum absolute atomic E-state index is 12.0. The molecule has 0 aliphatic carbocycles. The van der Waals surface area contributed by atoms with E-state index in [1.807, 2.05) is 35.1 Å². The first-order valence-corrected chi connectivity index (χ1v) is 8.05. The molecule has 0 fully saturated rings. The number of nitrogens with one attached hydrogen (secondary N) is 1. The van der Waals surface area contributed by atoms with Crippen LogP contribution in [0.3, 0.4) is 0 Å². The van der Waals surface area contributed by atoms with Crippen LogP contribution in [0.5, 0.6) is 0 Å². The second kappa shape index (κ2) is 7.31. The van der Waals surface area contributed by atoms with Crippen LogP contribution in [-0.4, -0.2) is 34.8 Å². The molecule has 0 spiro atoms. The van der Waals surface area contributed by atoms with Gasteiger partial charge in [0.1, 0.15) is 12.4 Å². The van der Waals surface area contributed by atoms with Crippen molar-refractivity contribution in [3.63, 3.8) is 0 Å². The first kappa shape index (κ1) is 14.9. The van der Waals surface area contributed by atoms with Gasteiger partial charge in [-0.3, -0.25) is 4.79 Å². The Hall–Kier alpha value is -1.53. The first-order valence-electron chi connectivity index (χ1n) is 6.66. The molecule has 3 N–H and O–H groups in total. The lowest BCUT2D eigenvalue weighted by Crippen LogP contribution is -2.29. The number of rotatable bonds is 7. The molecule has 5 nitrogen and oxygen atoms in total. The summed E-state index contributed by atoms with van der Waals surface area (Å²) < 4.78 is 1.99. The number of carbonyl (C=O) groups excluding carboxylic acids is 1. The lowest BCUT2D eigenvalue weighted by Gasteiger charge is -2.09. The molecule has 0 bridgehead atoms. The highest BCUT2D eigenvalue weighted by Crippen LogP contribution is 2.18. The highest BCUT2D eigenvalue weighted by molar-refractivity contribution is 7.97. The number of hydrogen-bond donors (Lipinski definition) is 2. The molecule has 20 heavy (non-hydrogen) atoms. The minimum absolute atomic E-state index is 0.00366. The molecule has 1 aromatic heterocycles. The summed E-state index contributed by atoms with van der Waals surface area (Å²) in [6, 6.07) is 7.90. The number of carbonyl (C=O) groups is 1. The van der Waals surface area contributed by atoms with Crippen molar-refractivity contribution in [3.8, 4) is 0 Å². The molecule has 0 aliphatic rings. The van der Waals surface area contributed by atoms with Gasteiger partial charge in [0.2, 0.25) is 5.91 Å². The molecule has 6 heteroatoms. The predicted molar refractivity (Wildman–Crippen MR) is 83.6 cm³/mol. The molecule has 108 valence electrons. The Balaban J connectivity index is 2.18. The topological polar surface area (TPSA) is 72.9 Å². The predicted octanol–water partition coefficient (Wildman–Crippen LogP) is 1.36. The second-order valence-corrected chi connectivity index (χ2v) is 5.39. The summed E-state index contributed by atoms with van der Waals surface area (Å²) in [6.45, 7) is 1.52. The zero-order valence-corrected chi connectivity index (χ0v) is 12.4. The summed E-state index contributed by atoms with van der Waals surface area (Å²) in [4.78, 5) is 16.6. The maximum atomic E-state index is 12.0. The van der Waals surface area contributed by atoms with E-state index >= 15 is 0 Å². The van der Waals surface area contributed by atoms with E-state index in [1.54, 1.807) is 11.8 Å². The molecule has 0 aliphatic heterocycles. The average molecular weight is 292 g/mol. The SMILES string of the molecule is CSCc1nc2ccccc2n1CC(=O)NCCCN.